The van der Waals surface area contributed by atoms with Crippen LogP contribution in [0.4, 0.5) is 0 Å². The zero-order chi connectivity index (χ0) is 18.4. The van der Waals surface area contributed by atoms with E-state index in [9.17, 15) is 9.59 Å². The number of halogens is 1. The quantitative estimate of drug-likeness (QED) is 0.752. The number of nitrogens with zero attached hydrogens (tertiary/aromatic N) is 1. The van der Waals surface area contributed by atoms with Crippen LogP contribution in [-0.2, 0) is 9.53 Å². The van der Waals surface area contributed by atoms with Crippen LogP contribution >= 0.6 is 11.6 Å². The molecule has 0 aliphatic carbocycles. The highest BCUT2D eigenvalue weighted by Crippen LogP contribution is 2.37. The van der Waals surface area contributed by atoms with Crippen LogP contribution in [0.2, 0.25) is 5.02 Å². The summed E-state index contributed by atoms with van der Waals surface area (Å²) in [6.45, 7) is 4.28. The highest BCUT2D eigenvalue weighted by atomic mass is 35.5. The molecule has 0 bridgehead atoms. The van der Waals surface area contributed by atoms with Crippen LogP contribution in [0.15, 0.2) is 12.1 Å². The number of hydrogen-bond acceptors (Lipinski definition) is 5. The Morgan fingerprint density at radius 3 is 2.80 bits per heavy atom. The van der Waals surface area contributed by atoms with E-state index in [-0.39, 0.29) is 29.0 Å². The molecular weight excluding hydrogens is 348 g/mol. The molecule has 1 aliphatic heterocycles. The van der Waals surface area contributed by atoms with Crippen LogP contribution in [0, 0.1) is 5.92 Å². The number of amides is 2. The third kappa shape index (κ3) is 4.99. The maximum absolute atomic E-state index is 12.7. The molecule has 0 radical (unpaired) electrons. The van der Waals surface area contributed by atoms with Crippen molar-refractivity contribution in [2.75, 3.05) is 40.0 Å². The van der Waals surface area contributed by atoms with E-state index in [0.29, 0.717) is 37.8 Å². The van der Waals surface area contributed by atoms with Crippen LogP contribution in [0.1, 0.15) is 23.7 Å². The highest BCUT2D eigenvalue weighted by Gasteiger charge is 2.28. The lowest BCUT2D eigenvalue weighted by molar-refractivity contribution is -0.119. The summed E-state index contributed by atoms with van der Waals surface area (Å²) in [5.41, 5.74) is 5.48. The van der Waals surface area contributed by atoms with Gasteiger partial charge in [0.1, 0.15) is 0 Å². The predicted molar refractivity (Wildman–Crippen MR) is 93.2 cm³/mol. The smallest absolute Gasteiger partial charge is 0.255 e. The van der Waals surface area contributed by atoms with E-state index in [2.05, 4.69) is 0 Å². The minimum atomic E-state index is -0.629. The zero-order valence-electron chi connectivity index (χ0n) is 14.4. The summed E-state index contributed by atoms with van der Waals surface area (Å²) in [6, 6.07) is 3.07. The van der Waals surface area contributed by atoms with Gasteiger partial charge in [0.25, 0.3) is 11.8 Å². The van der Waals surface area contributed by atoms with Gasteiger partial charge in [0.2, 0.25) is 0 Å². The van der Waals surface area contributed by atoms with Crippen molar-refractivity contribution in [3.63, 3.8) is 0 Å². The summed E-state index contributed by atoms with van der Waals surface area (Å²) in [6.07, 6.45) is 0.913. The largest absolute Gasteiger partial charge is 0.493 e. The molecule has 2 N–H and O–H groups in total. The van der Waals surface area contributed by atoms with Gasteiger partial charge in [0.15, 0.2) is 18.1 Å². The number of likely N-dealkylation sites (tertiary alicyclic amines) is 1. The van der Waals surface area contributed by atoms with Gasteiger partial charge in [-0.05, 0) is 25.5 Å². The van der Waals surface area contributed by atoms with Crippen molar-refractivity contribution >= 4 is 23.4 Å². The lowest BCUT2D eigenvalue weighted by Gasteiger charge is -2.18. The summed E-state index contributed by atoms with van der Waals surface area (Å²) in [4.78, 5) is 25.4. The van der Waals surface area contributed by atoms with Gasteiger partial charge in [-0.1, -0.05) is 11.6 Å². The fraction of sp³-hybridized carbons (Fsp3) is 0.529. The van der Waals surface area contributed by atoms with E-state index >= 15 is 0 Å². The second kappa shape index (κ2) is 8.92. The third-order valence-electron chi connectivity index (χ3n) is 3.97. The number of hydrogen-bond donors (Lipinski definition) is 1. The number of carbonyl (C=O) groups excluding carboxylic acids is 2. The van der Waals surface area contributed by atoms with Gasteiger partial charge >= 0.3 is 0 Å². The molecular formula is C17H23ClN2O5. The molecule has 1 atom stereocenters. The van der Waals surface area contributed by atoms with Crippen molar-refractivity contribution in [2.24, 2.45) is 11.7 Å². The maximum atomic E-state index is 12.7. The van der Waals surface area contributed by atoms with E-state index in [4.69, 9.17) is 31.5 Å². The Balaban J connectivity index is 2.12. The van der Waals surface area contributed by atoms with Crippen LogP contribution in [0.25, 0.3) is 0 Å². The number of rotatable bonds is 8. The zero-order valence-corrected chi connectivity index (χ0v) is 15.2. The Hall–Kier alpha value is -1.99. The molecule has 1 aromatic carbocycles. The molecule has 2 rings (SSSR count). The summed E-state index contributed by atoms with van der Waals surface area (Å²) in [7, 11) is 1.44. The van der Waals surface area contributed by atoms with E-state index in [1.54, 1.807) is 11.0 Å². The minimum Gasteiger partial charge on any atom is -0.493 e. The molecule has 1 unspecified atom stereocenters. The standard InChI is InChI=1S/C17H23ClN2O5/c1-3-24-9-11-4-5-20(8-11)17(22)12-6-13(18)16(14(7-12)23-2)25-10-15(19)21/h6-7,11H,3-5,8-10H2,1-2H3,(H2,19,21). The van der Waals surface area contributed by atoms with Gasteiger partial charge < -0.3 is 24.8 Å². The SMILES string of the molecule is CCOCC1CCN(C(=O)c2cc(Cl)c(OCC(N)=O)c(OC)c2)C1. The lowest BCUT2D eigenvalue weighted by Crippen LogP contribution is -2.29. The maximum Gasteiger partial charge on any atom is 0.255 e. The molecule has 138 valence electrons. The average molecular weight is 371 g/mol. The first-order valence-corrected chi connectivity index (χ1v) is 8.49. The molecule has 1 aromatic rings. The second-order valence-electron chi connectivity index (χ2n) is 5.81. The van der Waals surface area contributed by atoms with Crippen LogP contribution < -0.4 is 15.2 Å². The normalized spacial score (nSPS) is 16.8. The van der Waals surface area contributed by atoms with Crippen molar-refractivity contribution in [3.8, 4) is 11.5 Å². The lowest BCUT2D eigenvalue weighted by atomic mass is 10.1. The molecule has 7 nitrogen and oxygen atoms in total. The first-order chi connectivity index (χ1) is 12.0. The van der Waals surface area contributed by atoms with E-state index in [1.807, 2.05) is 6.92 Å². The summed E-state index contributed by atoms with van der Waals surface area (Å²) < 4.78 is 15.9. The van der Waals surface area contributed by atoms with Crippen LogP contribution in [-0.4, -0.2) is 56.7 Å². The molecule has 0 saturated carbocycles. The molecule has 1 aliphatic rings. The molecule has 0 aromatic heterocycles. The Kier molecular flexibility index (Phi) is 6.90. The van der Waals surface area contributed by atoms with E-state index in [1.165, 1.54) is 13.2 Å². The number of methoxy groups -OCH3 is 1. The first kappa shape index (κ1) is 19.3. The number of ether oxygens (including phenoxy) is 3. The summed E-state index contributed by atoms with van der Waals surface area (Å²) in [5.74, 6) is 0.0630. The fourth-order valence-electron chi connectivity index (χ4n) is 2.75. The number of nitrogens with two attached hydrogens (primary N) is 1. The van der Waals surface area contributed by atoms with Crippen molar-refractivity contribution in [3.05, 3.63) is 22.7 Å². The molecule has 1 saturated heterocycles. The van der Waals surface area contributed by atoms with Gasteiger partial charge in [0, 0.05) is 31.2 Å². The monoisotopic (exact) mass is 370 g/mol. The predicted octanol–water partition coefficient (Wildman–Crippen LogP) is 1.71. The molecule has 2 amide bonds. The van der Waals surface area contributed by atoms with Crippen molar-refractivity contribution in [1.82, 2.24) is 4.90 Å². The Morgan fingerprint density at radius 2 is 2.16 bits per heavy atom. The average Bonchev–Trinajstić information content (AvgIpc) is 3.06. The van der Waals surface area contributed by atoms with Gasteiger partial charge in [-0.3, -0.25) is 9.59 Å². The van der Waals surface area contributed by atoms with Gasteiger partial charge in [-0.25, -0.2) is 0 Å². The third-order valence-corrected chi connectivity index (χ3v) is 4.25. The number of primary amides is 1. The van der Waals surface area contributed by atoms with Gasteiger partial charge in [0.05, 0.1) is 18.7 Å². The highest BCUT2D eigenvalue weighted by molar-refractivity contribution is 6.32. The van der Waals surface area contributed by atoms with E-state index in [0.717, 1.165) is 6.42 Å². The van der Waals surface area contributed by atoms with E-state index < -0.39 is 5.91 Å². The molecule has 1 fully saturated rings. The van der Waals surface area contributed by atoms with Crippen molar-refractivity contribution < 1.29 is 23.8 Å². The number of carbonyl (C=O) groups is 2. The summed E-state index contributed by atoms with van der Waals surface area (Å²) >= 11 is 6.20. The number of benzene rings is 1. The Morgan fingerprint density at radius 1 is 1.40 bits per heavy atom. The Labute approximate surface area is 152 Å². The second-order valence-corrected chi connectivity index (χ2v) is 6.22. The molecule has 1 heterocycles. The van der Waals surface area contributed by atoms with Crippen molar-refractivity contribution in [1.29, 1.82) is 0 Å². The van der Waals surface area contributed by atoms with Crippen molar-refractivity contribution in [2.45, 2.75) is 13.3 Å². The molecule has 25 heavy (non-hydrogen) atoms. The first-order valence-electron chi connectivity index (χ1n) is 8.11. The van der Waals surface area contributed by atoms with Gasteiger partial charge in [-0.15, -0.1) is 0 Å². The molecule has 0 spiro atoms. The van der Waals surface area contributed by atoms with Crippen LogP contribution in [0.5, 0.6) is 11.5 Å². The topological polar surface area (TPSA) is 91.1 Å². The summed E-state index contributed by atoms with van der Waals surface area (Å²) in [5, 5.41) is 0.189. The Bertz CT molecular complexity index is 638. The minimum absolute atomic E-state index is 0.124. The van der Waals surface area contributed by atoms with Gasteiger partial charge in [-0.2, -0.15) is 0 Å². The molecule has 8 heteroatoms. The van der Waals surface area contributed by atoms with Crippen LogP contribution in [0.3, 0.4) is 0 Å². The fourth-order valence-corrected chi connectivity index (χ4v) is 3.01.